The number of carbonyl (C=O) groups excluding carboxylic acids is 2. The van der Waals surface area contributed by atoms with E-state index in [4.69, 9.17) is 66.3 Å². The molecule has 326 valence electrons. The third-order valence-corrected chi connectivity index (χ3v) is 9.88. The van der Waals surface area contributed by atoms with Gasteiger partial charge in [-0.25, -0.2) is 0 Å². The van der Waals surface area contributed by atoms with E-state index in [0.717, 1.165) is 11.8 Å². The zero-order valence-corrected chi connectivity index (χ0v) is 35.6. The molecule has 4 saturated heterocycles. The fraction of sp³-hybridized carbons (Fsp3) is 0.947. The molecule has 4 aliphatic heterocycles. The van der Waals surface area contributed by atoms with E-state index in [-0.39, 0.29) is 87.9 Å². The zero-order valence-electron chi connectivity index (χ0n) is 34.8. The van der Waals surface area contributed by atoms with Crippen LogP contribution in [0.2, 0.25) is 0 Å². The molecule has 0 atom stereocenters. The van der Waals surface area contributed by atoms with Gasteiger partial charge in [-0.05, 0) is 61.6 Å². The molecule has 17 nitrogen and oxygen atoms in total. The lowest BCUT2D eigenvalue weighted by atomic mass is 10.2. The highest BCUT2D eigenvalue weighted by Gasteiger charge is 2.34. The van der Waals surface area contributed by atoms with E-state index in [0.29, 0.717) is 52.9 Å². The van der Waals surface area contributed by atoms with E-state index in [9.17, 15) is 9.59 Å². The average molecular weight is 826 g/mol. The molecule has 4 rings (SSSR count). The van der Waals surface area contributed by atoms with Crippen LogP contribution in [0.4, 0.5) is 0 Å². The summed E-state index contributed by atoms with van der Waals surface area (Å²) in [7, 11) is 0. The summed E-state index contributed by atoms with van der Waals surface area (Å²) in [6.45, 7) is 18.5. The maximum atomic E-state index is 13.1. The standard InChI is InChI=1S/C38H67NO16S/c1-35(2)48-18-29(19-49-35)44-14-27(15-45-30-20-50-36(3,4)51-21-30)42-12-26(39-33(40)10-11-34(41)56-9)13-43-28(16-46-31-22-52-37(5,6)53-23-31)17-47-32-24-54-38(7,8)55-25-32/h26-32H,10-25H2,1-9H3,(H,39,40). The highest BCUT2D eigenvalue weighted by atomic mass is 32.2. The van der Waals surface area contributed by atoms with Crippen molar-refractivity contribution in [3.8, 4) is 0 Å². The monoisotopic (exact) mass is 825 g/mol. The predicted molar refractivity (Wildman–Crippen MR) is 202 cm³/mol. The number of thioether (sulfide) groups is 1. The van der Waals surface area contributed by atoms with Crippen molar-refractivity contribution in [1.82, 2.24) is 5.32 Å². The van der Waals surface area contributed by atoms with Crippen molar-refractivity contribution in [2.45, 2.75) is 134 Å². The number of nitrogens with one attached hydrogen (secondary N) is 1. The van der Waals surface area contributed by atoms with Crippen LogP contribution in [-0.2, 0) is 75.9 Å². The zero-order chi connectivity index (χ0) is 40.8. The minimum atomic E-state index is -0.683. The van der Waals surface area contributed by atoms with Gasteiger partial charge in [-0.2, -0.15) is 0 Å². The van der Waals surface area contributed by atoms with E-state index in [1.165, 1.54) is 0 Å². The van der Waals surface area contributed by atoms with Gasteiger partial charge in [-0.1, -0.05) is 11.8 Å². The van der Waals surface area contributed by atoms with Crippen LogP contribution < -0.4 is 5.32 Å². The number of amides is 1. The largest absolute Gasteiger partial charge is 0.371 e. The molecule has 4 fully saturated rings. The summed E-state index contributed by atoms with van der Waals surface area (Å²) in [5, 5.41) is 2.91. The highest BCUT2D eigenvalue weighted by molar-refractivity contribution is 8.13. The SMILES string of the molecule is CSC(=O)CCC(=O)NC(COC(COC1COC(C)(C)OC1)COC1COC(C)(C)OC1)COC(COC1COC(C)(C)OC1)COC1COC(C)(C)OC1. The van der Waals surface area contributed by atoms with Crippen molar-refractivity contribution in [3.05, 3.63) is 0 Å². The number of rotatable bonds is 22. The maximum absolute atomic E-state index is 13.1. The van der Waals surface area contributed by atoms with Gasteiger partial charge in [0.1, 0.15) is 36.6 Å². The third-order valence-electron chi connectivity index (χ3n) is 9.22. The molecule has 0 aliphatic carbocycles. The molecular weight excluding hydrogens is 758 g/mol. The van der Waals surface area contributed by atoms with Crippen LogP contribution in [0, 0.1) is 0 Å². The molecular formula is C38H67NO16S. The molecule has 4 aliphatic rings. The minimum absolute atomic E-state index is 0.0214. The summed E-state index contributed by atoms with van der Waals surface area (Å²) in [4.78, 5) is 25.1. The average Bonchev–Trinajstić information content (AvgIpc) is 3.14. The molecule has 0 spiro atoms. The molecule has 0 aromatic heterocycles. The van der Waals surface area contributed by atoms with Gasteiger partial charge in [0.25, 0.3) is 0 Å². The molecule has 1 amide bonds. The van der Waals surface area contributed by atoms with Gasteiger partial charge < -0.3 is 71.6 Å². The van der Waals surface area contributed by atoms with Crippen LogP contribution in [0.25, 0.3) is 0 Å². The molecule has 0 radical (unpaired) electrons. The van der Waals surface area contributed by atoms with E-state index >= 15 is 0 Å². The predicted octanol–water partition coefficient (Wildman–Crippen LogP) is 2.58. The van der Waals surface area contributed by atoms with Crippen LogP contribution in [-0.4, -0.2) is 176 Å². The van der Waals surface area contributed by atoms with Gasteiger partial charge in [0.05, 0.1) is 98.5 Å². The van der Waals surface area contributed by atoms with Gasteiger partial charge in [-0.15, -0.1) is 0 Å². The molecule has 0 unspecified atom stereocenters. The molecule has 1 N–H and O–H groups in total. The first kappa shape index (κ1) is 47.6. The second-order valence-corrected chi connectivity index (χ2v) is 17.0. The first-order valence-corrected chi connectivity index (χ1v) is 20.8. The van der Waals surface area contributed by atoms with Gasteiger partial charge in [-0.3, -0.25) is 9.59 Å². The van der Waals surface area contributed by atoms with Crippen LogP contribution >= 0.6 is 11.8 Å². The lowest BCUT2D eigenvalue weighted by Gasteiger charge is -2.36. The second-order valence-electron chi connectivity index (χ2n) is 16.2. The number of hydrogen-bond donors (Lipinski definition) is 1. The quantitative estimate of drug-likeness (QED) is 0.169. The van der Waals surface area contributed by atoms with Crippen molar-refractivity contribution < 1.29 is 75.9 Å². The van der Waals surface area contributed by atoms with Crippen molar-refractivity contribution in [1.29, 1.82) is 0 Å². The Morgan fingerprint density at radius 2 is 0.804 bits per heavy atom. The summed E-state index contributed by atoms with van der Waals surface area (Å²) in [6.07, 6.45) is -0.500. The van der Waals surface area contributed by atoms with Crippen LogP contribution in [0.5, 0.6) is 0 Å². The Morgan fingerprint density at radius 1 is 0.518 bits per heavy atom. The van der Waals surface area contributed by atoms with Crippen molar-refractivity contribution in [2.24, 2.45) is 0 Å². The minimum Gasteiger partial charge on any atom is -0.371 e. The Kier molecular flexibility index (Phi) is 19.1. The van der Waals surface area contributed by atoms with Gasteiger partial charge in [0.15, 0.2) is 28.3 Å². The Labute approximate surface area is 336 Å². The fourth-order valence-corrected chi connectivity index (χ4v) is 5.91. The van der Waals surface area contributed by atoms with E-state index in [1.54, 1.807) is 6.26 Å². The molecule has 0 saturated carbocycles. The first-order chi connectivity index (χ1) is 26.4. The first-order valence-electron chi connectivity index (χ1n) is 19.6. The Hall–Kier alpha value is -1.07. The van der Waals surface area contributed by atoms with Crippen LogP contribution in [0.1, 0.15) is 68.2 Å². The second kappa shape index (κ2) is 22.5. The maximum Gasteiger partial charge on any atom is 0.220 e. The van der Waals surface area contributed by atoms with Gasteiger partial charge >= 0.3 is 0 Å². The van der Waals surface area contributed by atoms with E-state index in [1.807, 2.05) is 55.4 Å². The smallest absolute Gasteiger partial charge is 0.220 e. The summed E-state index contributed by atoms with van der Waals surface area (Å²) in [6, 6.07) is -0.620. The van der Waals surface area contributed by atoms with Crippen molar-refractivity contribution >= 4 is 22.8 Å². The van der Waals surface area contributed by atoms with Gasteiger partial charge in [0.2, 0.25) is 5.91 Å². The van der Waals surface area contributed by atoms with Crippen LogP contribution in [0.15, 0.2) is 0 Å². The topological polar surface area (TPSA) is 175 Å². The van der Waals surface area contributed by atoms with Gasteiger partial charge in [0, 0.05) is 12.8 Å². The van der Waals surface area contributed by atoms with E-state index < -0.39 is 41.4 Å². The third kappa shape index (κ3) is 18.5. The molecule has 18 heteroatoms. The molecule has 0 aromatic carbocycles. The normalized spacial score (nSPS) is 23.6. The number of ether oxygens (including phenoxy) is 14. The summed E-state index contributed by atoms with van der Waals surface area (Å²) >= 11 is 1.09. The Morgan fingerprint density at radius 3 is 1.07 bits per heavy atom. The molecule has 0 bridgehead atoms. The molecule has 4 heterocycles. The highest BCUT2D eigenvalue weighted by Crippen LogP contribution is 2.23. The Balaban J connectivity index is 1.39. The summed E-state index contributed by atoms with van der Waals surface area (Å²) < 4.78 is 83.6. The lowest BCUT2D eigenvalue weighted by molar-refractivity contribution is -0.287. The fourth-order valence-electron chi connectivity index (χ4n) is 5.61. The summed E-state index contributed by atoms with van der Waals surface area (Å²) in [5.74, 6) is -3.04. The number of hydrogen-bond acceptors (Lipinski definition) is 17. The molecule has 56 heavy (non-hydrogen) atoms. The summed E-state index contributed by atoms with van der Waals surface area (Å²) in [5.41, 5.74) is 0. The molecule has 0 aromatic rings. The van der Waals surface area contributed by atoms with Crippen molar-refractivity contribution in [2.75, 3.05) is 98.8 Å². The Bertz CT molecular complexity index is 1010. The van der Waals surface area contributed by atoms with Crippen molar-refractivity contribution in [3.63, 3.8) is 0 Å². The number of carbonyl (C=O) groups is 2. The lowest BCUT2D eigenvalue weighted by Crippen LogP contribution is -2.48. The van der Waals surface area contributed by atoms with Crippen LogP contribution in [0.3, 0.4) is 0 Å². The van der Waals surface area contributed by atoms with E-state index in [2.05, 4.69) is 5.32 Å².